The van der Waals surface area contributed by atoms with Crippen LogP contribution in [0.2, 0.25) is 0 Å². The maximum atomic E-state index is 13.0. The summed E-state index contributed by atoms with van der Waals surface area (Å²) in [4.78, 5) is 39.0. The van der Waals surface area contributed by atoms with Crippen LogP contribution >= 0.6 is 0 Å². The van der Waals surface area contributed by atoms with Crippen LogP contribution in [-0.4, -0.2) is 48.0 Å². The van der Waals surface area contributed by atoms with Gasteiger partial charge in [0, 0.05) is 32.9 Å². The van der Waals surface area contributed by atoms with E-state index >= 15 is 0 Å². The normalized spacial score (nSPS) is 12.3. The Bertz CT molecular complexity index is 932. The zero-order chi connectivity index (χ0) is 25.6. The molecule has 2 aromatic carbocycles. The van der Waals surface area contributed by atoms with Gasteiger partial charge in [-0.05, 0) is 29.7 Å². The molecule has 0 saturated heterocycles. The first-order chi connectivity index (χ1) is 16.8. The van der Waals surface area contributed by atoms with Crippen molar-refractivity contribution in [2.75, 3.05) is 14.1 Å². The van der Waals surface area contributed by atoms with Crippen molar-refractivity contribution < 1.29 is 24.3 Å². The first-order valence-corrected chi connectivity index (χ1v) is 12.0. The molecule has 2 rings (SSSR count). The van der Waals surface area contributed by atoms with E-state index < -0.39 is 17.9 Å². The third-order valence-electron chi connectivity index (χ3n) is 5.75. The van der Waals surface area contributed by atoms with Crippen LogP contribution < -0.4 is 15.5 Å². The van der Waals surface area contributed by atoms with Crippen molar-refractivity contribution in [3.8, 4) is 5.75 Å². The molecule has 35 heavy (non-hydrogen) atoms. The van der Waals surface area contributed by atoms with Crippen LogP contribution in [0.3, 0.4) is 0 Å². The molecule has 2 atom stereocenters. The minimum atomic E-state index is -0.778. The third kappa shape index (κ3) is 9.78. The summed E-state index contributed by atoms with van der Waals surface area (Å²) in [5, 5.41) is 11.7. The average Bonchev–Trinajstić information content (AvgIpc) is 2.87. The molecule has 0 radical (unpaired) electrons. The third-order valence-corrected chi connectivity index (χ3v) is 5.75. The van der Waals surface area contributed by atoms with Gasteiger partial charge < -0.3 is 15.0 Å². The topological polar surface area (TPSA) is 108 Å². The van der Waals surface area contributed by atoms with Gasteiger partial charge in [-0.15, -0.1) is 0 Å². The standard InChI is InChI=1S/C27H37N3O5/c1-4-5-7-12-22(18-25(31)29-34)26(32)28-24(27(33)30(2)3)17-20-13-15-23(16-14-20)35-19-21-10-8-6-9-11-21/h6,8-11,13-16,22,24,34H,4-5,7,12,17-19H2,1-3H3,(H,28,32)(H,29,31)/t22?,24-/m1/s1. The maximum absolute atomic E-state index is 13.0. The molecule has 3 amide bonds. The summed E-state index contributed by atoms with van der Waals surface area (Å²) in [5.41, 5.74) is 3.53. The van der Waals surface area contributed by atoms with E-state index in [-0.39, 0.29) is 18.2 Å². The Morgan fingerprint density at radius 3 is 2.26 bits per heavy atom. The van der Waals surface area contributed by atoms with E-state index in [0.29, 0.717) is 25.2 Å². The quantitative estimate of drug-likeness (QED) is 0.217. The molecule has 0 aliphatic carbocycles. The van der Waals surface area contributed by atoms with Crippen molar-refractivity contribution in [3.63, 3.8) is 0 Å². The summed E-state index contributed by atoms with van der Waals surface area (Å²) >= 11 is 0. The predicted molar refractivity (Wildman–Crippen MR) is 134 cm³/mol. The fourth-order valence-corrected chi connectivity index (χ4v) is 3.74. The van der Waals surface area contributed by atoms with E-state index in [4.69, 9.17) is 9.94 Å². The molecule has 0 aromatic heterocycles. The van der Waals surface area contributed by atoms with E-state index in [1.54, 1.807) is 19.6 Å². The zero-order valence-electron chi connectivity index (χ0n) is 20.8. The van der Waals surface area contributed by atoms with Gasteiger partial charge in [0.1, 0.15) is 18.4 Å². The Kier molecular flexibility index (Phi) is 11.8. The Balaban J connectivity index is 2.06. The molecule has 190 valence electrons. The molecule has 2 aromatic rings. The first kappa shape index (κ1) is 27.9. The molecule has 3 N–H and O–H groups in total. The predicted octanol–water partition coefficient (Wildman–Crippen LogP) is 3.47. The molecule has 8 nitrogen and oxygen atoms in total. The van der Waals surface area contributed by atoms with E-state index in [9.17, 15) is 14.4 Å². The lowest BCUT2D eigenvalue weighted by molar-refractivity contribution is -0.138. The van der Waals surface area contributed by atoms with Crippen LogP contribution in [0.1, 0.15) is 50.2 Å². The minimum Gasteiger partial charge on any atom is -0.489 e. The summed E-state index contributed by atoms with van der Waals surface area (Å²) in [6.07, 6.45) is 3.36. The number of carbonyl (C=O) groups excluding carboxylic acids is 3. The summed E-state index contributed by atoms with van der Waals surface area (Å²) in [6, 6.07) is 16.5. The lowest BCUT2D eigenvalue weighted by Crippen LogP contribution is -2.49. The van der Waals surface area contributed by atoms with E-state index in [1.807, 2.05) is 54.6 Å². The van der Waals surface area contributed by atoms with Crippen molar-refractivity contribution in [2.45, 2.75) is 58.1 Å². The second kappa shape index (κ2) is 14.8. The second-order valence-corrected chi connectivity index (χ2v) is 8.85. The number of amides is 3. The highest BCUT2D eigenvalue weighted by atomic mass is 16.5. The van der Waals surface area contributed by atoms with Gasteiger partial charge in [-0.2, -0.15) is 0 Å². The van der Waals surface area contributed by atoms with E-state index in [2.05, 4.69) is 12.2 Å². The summed E-state index contributed by atoms with van der Waals surface area (Å²) in [5.74, 6) is -1.14. The molecular formula is C27H37N3O5. The van der Waals surface area contributed by atoms with Crippen molar-refractivity contribution in [1.82, 2.24) is 15.7 Å². The van der Waals surface area contributed by atoms with Gasteiger partial charge in [-0.25, -0.2) is 5.48 Å². The lowest BCUT2D eigenvalue weighted by Gasteiger charge is -2.24. The van der Waals surface area contributed by atoms with Crippen LogP contribution in [-0.2, 0) is 27.4 Å². The SMILES string of the molecule is CCCCCC(CC(=O)NO)C(=O)N[C@H](Cc1ccc(OCc2ccccc2)cc1)C(=O)N(C)C. The van der Waals surface area contributed by atoms with E-state index in [0.717, 1.165) is 30.4 Å². The van der Waals surface area contributed by atoms with Crippen LogP contribution in [0.25, 0.3) is 0 Å². The molecule has 0 fully saturated rings. The second-order valence-electron chi connectivity index (χ2n) is 8.85. The highest BCUT2D eigenvalue weighted by Crippen LogP contribution is 2.18. The summed E-state index contributed by atoms with van der Waals surface area (Å²) in [6.45, 7) is 2.51. The number of nitrogens with zero attached hydrogens (tertiary/aromatic N) is 1. The van der Waals surface area contributed by atoms with Gasteiger partial charge in [0.05, 0.1) is 0 Å². The smallest absolute Gasteiger partial charge is 0.244 e. The number of unbranched alkanes of at least 4 members (excludes halogenated alkanes) is 2. The van der Waals surface area contributed by atoms with Gasteiger partial charge in [-0.3, -0.25) is 19.6 Å². The lowest BCUT2D eigenvalue weighted by atomic mass is 9.95. The Hall–Kier alpha value is -3.39. The molecule has 0 aliphatic heterocycles. The molecule has 8 heteroatoms. The highest BCUT2D eigenvalue weighted by Gasteiger charge is 2.28. The van der Waals surface area contributed by atoms with Crippen LogP contribution in [0.4, 0.5) is 0 Å². The number of ether oxygens (including phenoxy) is 1. The minimum absolute atomic E-state index is 0.137. The van der Waals surface area contributed by atoms with Crippen LogP contribution in [0, 0.1) is 5.92 Å². The molecule has 0 spiro atoms. The molecule has 0 bridgehead atoms. The Morgan fingerprint density at radius 1 is 0.971 bits per heavy atom. The number of likely N-dealkylation sites (N-methyl/N-ethyl adjacent to an activating group) is 1. The largest absolute Gasteiger partial charge is 0.489 e. The van der Waals surface area contributed by atoms with Crippen LogP contribution in [0.15, 0.2) is 54.6 Å². The summed E-state index contributed by atoms with van der Waals surface area (Å²) in [7, 11) is 3.28. The molecule has 0 heterocycles. The average molecular weight is 484 g/mol. The number of nitrogens with one attached hydrogen (secondary N) is 2. The zero-order valence-corrected chi connectivity index (χ0v) is 20.8. The number of benzene rings is 2. The van der Waals surface area contributed by atoms with Gasteiger partial charge in [0.2, 0.25) is 17.7 Å². The fraction of sp³-hybridized carbons (Fsp3) is 0.444. The van der Waals surface area contributed by atoms with Gasteiger partial charge >= 0.3 is 0 Å². The van der Waals surface area contributed by atoms with Crippen LogP contribution in [0.5, 0.6) is 5.75 Å². The highest BCUT2D eigenvalue weighted by molar-refractivity contribution is 5.90. The number of hydrogen-bond acceptors (Lipinski definition) is 5. The Morgan fingerprint density at radius 2 is 1.66 bits per heavy atom. The monoisotopic (exact) mass is 483 g/mol. The van der Waals surface area contributed by atoms with E-state index in [1.165, 1.54) is 4.90 Å². The Labute approximate surface area is 207 Å². The number of hydrogen-bond donors (Lipinski definition) is 3. The number of hydroxylamine groups is 1. The molecule has 1 unspecified atom stereocenters. The van der Waals surface area contributed by atoms with Gasteiger partial charge in [0.25, 0.3) is 0 Å². The molecular weight excluding hydrogens is 446 g/mol. The summed E-state index contributed by atoms with van der Waals surface area (Å²) < 4.78 is 5.82. The number of rotatable bonds is 14. The van der Waals surface area contributed by atoms with Crippen molar-refractivity contribution in [1.29, 1.82) is 0 Å². The number of carbonyl (C=O) groups is 3. The van der Waals surface area contributed by atoms with Gasteiger partial charge in [-0.1, -0.05) is 68.7 Å². The van der Waals surface area contributed by atoms with Crippen molar-refractivity contribution >= 4 is 17.7 Å². The van der Waals surface area contributed by atoms with Crippen molar-refractivity contribution in [3.05, 3.63) is 65.7 Å². The molecule has 0 aliphatic rings. The van der Waals surface area contributed by atoms with Gasteiger partial charge in [0.15, 0.2) is 0 Å². The van der Waals surface area contributed by atoms with Crippen molar-refractivity contribution in [2.24, 2.45) is 5.92 Å². The first-order valence-electron chi connectivity index (χ1n) is 12.0. The maximum Gasteiger partial charge on any atom is 0.244 e. The fourth-order valence-electron chi connectivity index (χ4n) is 3.74. The molecule has 0 saturated carbocycles.